The monoisotopic (exact) mass is 442 g/mol. The zero-order valence-corrected chi connectivity index (χ0v) is 17.8. The third-order valence-electron chi connectivity index (χ3n) is 4.51. The second-order valence-corrected chi connectivity index (χ2v) is 8.45. The third-order valence-corrected chi connectivity index (χ3v) is 6.42. The van der Waals surface area contributed by atoms with Gasteiger partial charge in [0.25, 0.3) is 15.9 Å². The molecule has 3 aromatic carbocycles. The number of para-hydroxylation sites is 1. The zero-order valence-electron chi connectivity index (χ0n) is 17.0. The second kappa shape index (κ2) is 10.1. The van der Waals surface area contributed by atoms with E-state index in [0.29, 0.717) is 17.0 Å². The number of benzene rings is 3. The minimum Gasteiger partial charge on any atom is -0.492 e. The van der Waals surface area contributed by atoms with Crippen molar-refractivity contribution in [1.29, 1.82) is 0 Å². The maximum absolute atomic E-state index is 13.0. The van der Waals surface area contributed by atoms with Gasteiger partial charge < -0.3 is 10.1 Å². The lowest BCUT2D eigenvalue weighted by Gasteiger charge is -2.23. The molecule has 0 unspecified atom stereocenters. The lowest BCUT2D eigenvalue weighted by molar-refractivity contribution is 0.0947. The Balaban J connectivity index is 1.59. The number of ether oxygens (including phenoxy) is 1. The molecule has 0 aromatic heterocycles. The smallest absolute Gasteiger partial charge is 0.264 e. The Kier molecular flexibility index (Phi) is 7.25. The molecule has 1 amide bonds. The van der Waals surface area contributed by atoms with E-state index in [4.69, 9.17) is 4.74 Å². The van der Waals surface area contributed by atoms with Crippen LogP contribution < -0.4 is 14.4 Å². The average Bonchev–Trinajstić information content (AvgIpc) is 2.79. The minimum absolute atomic E-state index is 0.106. The largest absolute Gasteiger partial charge is 0.492 e. The zero-order chi connectivity index (χ0) is 22.3. The van der Waals surface area contributed by atoms with Gasteiger partial charge in [-0.05, 0) is 67.6 Å². The van der Waals surface area contributed by atoms with Gasteiger partial charge >= 0.3 is 0 Å². The summed E-state index contributed by atoms with van der Waals surface area (Å²) in [5.41, 5.74) is 0.913. The summed E-state index contributed by atoms with van der Waals surface area (Å²) in [6.07, 6.45) is 0. The predicted octanol–water partition coefficient (Wildman–Crippen LogP) is 3.85. The second-order valence-electron chi connectivity index (χ2n) is 6.59. The summed E-state index contributed by atoms with van der Waals surface area (Å²) < 4.78 is 45.6. The Morgan fingerprint density at radius 1 is 0.968 bits per heavy atom. The van der Waals surface area contributed by atoms with Crippen molar-refractivity contribution in [2.45, 2.75) is 11.8 Å². The van der Waals surface area contributed by atoms with Gasteiger partial charge in [-0.1, -0.05) is 18.2 Å². The van der Waals surface area contributed by atoms with Crippen LogP contribution in [0.15, 0.2) is 83.8 Å². The van der Waals surface area contributed by atoms with Crippen LogP contribution in [0.1, 0.15) is 17.3 Å². The topological polar surface area (TPSA) is 75.7 Å². The van der Waals surface area contributed by atoms with Crippen LogP contribution in [0, 0.1) is 5.82 Å². The third kappa shape index (κ3) is 5.61. The lowest BCUT2D eigenvalue weighted by atomic mass is 10.2. The van der Waals surface area contributed by atoms with Gasteiger partial charge in [0.2, 0.25) is 0 Å². The fourth-order valence-corrected chi connectivity index (χ4v) is 4.43. The van der Waals surface area contributed by atoms with E-state index < -0.39 is 10.0 Å². The molecule has 162 valence electrons. The maximum Gasteiger partial charge on any atom is 0.264 e. The molecule has 0 fully saturated rings. The fourth-order valence-electron chi connectivity index (χ4n) is 2.96. The van der Waals surface area contributed by atoms with E-state index in [9.17, 15) is 17.6 Å². The highest BCUT2D eigenvalue weighted by Crippen LogP contribution is 2.23. The number of sulfonamides is 1. The van der Waals surface area contributed by atoms with Crippen LogP contribution in [-0.4, -0.2) is 34.0 Å². The molecule has 0 aliphatic rings. The summed E-state index contributed by atoms with van der Waals surface area (Å²) in [5.74, 6) is -0.192. The number of hydrogen-bond donors (Lipinski definition) is 1. The maximum atomic E-state index is 13.0. The van der Waals surface area contributed by atoms with Gasteiger partial charge in [0, 0.05) is 12.1 Å². The summed E-state index contributed by atoms with van der Waals surface area (Å²) in [7, 11) is -3.75. The van der Waals surface area contributed by atoms with Crippen LogP contribution in [-0.2, 0) is 10.0 Å². The van der Waals surface area contributed by atoms with Crippen molar-refractivity contribution < 1.29 is 22.3 Å². The van der Waals surface area contributed by atoms with E-state index in [2.05, 4.69) is 5.32 Å². The van der Waals surface area contributed by atoms with Crippen molar-refractivity contribution >= 4 is 21.6 Å². The van der Waals surface area contributed by atoms with Crippen LogP contribution in [0.5, 0.6) is 5.75 Å². The molecule has 0 atom stereocenters. The van der Waals surface area contributed by atoms with Gasteiger partial charge in [-0.3, -0.25) is 9.10 Å². The number of amides is 1. The molecule has 0 bridgehead atoms. The predicted molar refractivity (Wildman–Crippen MR) is 117 cm³/mol. The van der Waals surface area contributed by atoms with Crippen molar-refractivity contribution in [3.8, 4) is 5.75 Å². The van der Waals surface area contributed by atoms with E-state index in [1.165, 1.54) is 52.8 Å². The molecule has 8 heteroatoms. The number of hydrogen-bond acceptors (Lipinski definition) is 4. The molecule has 3 rings (SSSR count). The first-order valence-electron chi connectivity index (χ1n) is 9.76. The highest BCUT2D eigenvalue weighted by molar-refractivity contribution is 7.92. The number of nitrogens with one attached hydrogen (secondary N) is 1. The van der Waals surface area contributed by atoms with Crippen molar-refractivity contribution in [2.75, 3.05) is 24.0 Å². The van der Waals surface area contributed by atoms with Gasteiger partial charge in [-0.2, -0.15) is 0 Å². The fraction of sp³-hybridized carbons (Fsp3) is 0.174. The van der Waals surface area contributed by atoms with E-state index in [-0.39, 0.29) is 36.3 Å². The van der Waals surface area contributed by atoms with E-state index >= 15 is 0 Å². The minimum atomic E-state index is -3.75. The summed E-state index contributed by atoms with van der Waals surface area (Å²) in [5, 5.41) is 2.70. The Bertz CT molecular complexity index is 1100. The highest BCUT2D eigenvalue weighted by atomic mass is 32.2. The molecule has 0 saturated carbocycles. The van der Waals surface area contributed by atoms with E-state index in [1.54, 1.807) is 31.2 Å². The first-order chi connectivity index (χ1) is 14.9. The van der Waals surface area contributed by atoms with Crippen LogP contribution in [0.3, 0.4) is 0 Å². The molecule has 3 aromatic rings. The molecule has 0 radical (unpaired) electrons. The van der Waals surface area contributed by atoms with Crippen molar-refractivity contribution in [3.63, 3.8) is 0 Å². The summed E-state index contributed by atoms with van der Waals surface area (Å²) in [4.78, 5) is 12.4. The van der Waals surface area contributed by atoms with Crippen molar-refractivity contribution in [1.82, 2.24) is 5.32 Å². The molecule has 0 aliphatic heterocycles. The van der Waals surface area contributed by atoms with Crippen LogP contribution >= 0.6 is 0 Å². The molecular weight excluding hydrogens is 419 g/mol. The summed E-state index contributed by atoms with van der Waals surface area (Å²) >= 11 is 0. The Morgan fingerprint density at radius 2 is 1.61 bits per heavy atom. The van der Waals surface area contributed by atoms with Crippen LogP contribution in [0.2, 0.25) is 0 Å². The standard InChI is InChI=1S/C23H23FN2O4S/c1-2-26(20-6-4-3-5-7-20)31(28,29)22-14-8-18(9-15-22)23(27)25-16-17-30-21-12-10-19(24)11-13-21/h3-15H,2,16-17H2,1H3,(H,25,27). The average molecular weight is 443 g/mol. The SMILES string of the molecule is CCN(c1ccccc1)S(=O)(=O)c1ccc(C(=O)NCCOc2ccc(F)cc2)cc1. The first-order valence-corrected chi connectivity index (χ1v) is 11.2. The summed E-state index contributed by atoms with van der Waals surface area (Å²) in [6, 6.07) is 20.2. The molecule has 0 spiro atoms. The quantitative estimate of drug-likeness (QED) is 0.511. The number of carbonyl (C=O) groups is 1. The number of anilines is 1. The molecule has 0 heterocycles. The number of rotatable bonds is 9. The number of carbonyl (C=O) groups excluding carboxylic acids is 1. The molecule has 6 nitrogen and oxygen atoms in total. The Hall–Kier alpha value is -3.39. The van der Waals surface area contributed by atoms with Crippen molar-refractivity contribution in [3.05, 3.63) is 90.2 Å². The Labute approximate surface area is 181 Å². The molecule has 0 saturated heterocycles. The van der Waals surface area contributed by atoms with Gasteiger partial charge in [-0.15, -0.1) is 0 Å². The first kappa shape index (κ1) is 22.3. The van der Waals surface area contributed by atoms with Crippen LogP contribution in [0.25, 0.3) is 0 Å². The van der Waals surface area contributed by atoms with Gasteiger partial charge in [0.15, 0.2) is 0 Å². The van der Waals surface area contributed by atoms with Gasteiger partial charge in [0.05, 0.1) is 17.1 Å². The number of halogens is 1. The lowest BCUT2D eigenvalue weighted by Crippen LogP contribution is -2.31. The van der Waals surface area contributed by atoms with Gasteiger partial charge in [0.1, 0.15) is 18.2 Å². The van der Waals surface area contributed by atoms with Crippen LogP contribution in [0.4, 0.5) is 10.1 Å². The van der Waals surface area contributed by atoms with E-state index in [0.717, 1.165) is 0 Å². The van der Waals surface area contributed by atoms with Gasteiger partial charge in [-0.25, -0.2) is 12.8 Å². The molecule has 0 aliphatic carbocycles. The highest BCUT2D eigenvalue weighted by Gasteiger charge is 2.23. The summed E-state index contributed by atoms with van der Waals surface area (Å²) in [6.45, 7) is 2.50. The molecule has 1 N–H and O–H groups in total. The normalized spacial score (nSPS) is 11.0. The molecular formula is C23H23FN2O4S. The molecule has 31 heavy (non-hydrogen) atoms. The van der Waals surface area contributed by atoms with E-state index in [1.807, 2.05) is 6.07 Å². The Morgan fingerprint density at radius 3 is 2.23 bits per heavy atom. The van der Waals surface area contributed by atoms with Crippen molar-refractivity contribution in [2.24, 2.45) is 0 Å². The number of nitrogens with zero attached hydrogens (tertiary/aromatic N) is 1.